The van der Waals surface area contributed by atoms with Gasteiger partial charge in [0.1, 0.15) is 5.75 Å². The van der Waals surface area contributed by atoms with Crippen LogP contribution >= 0.6 is 0 Å². The van der Waals surface area contributed by atoms with E-state index in [-0.39, 0.29) is 17.4 Å². The molecule has 5 nitrogen and oxygen atoms in total. The Balaban J connectivity index is 2.44. The summed E-state index contributed by atoms with van der Waals surface area (Å²) in [6.45, 7) is 4.41. The highest BCUT2D eigenvalue weighted by Gasteiger charge is 2.13. The van der Waals surface area contributed by atoms with Gasteiger partial charge in [0.25, 0.3) is 0 Å². The Bertz CT molecular complexity index is 634. The molecular weight excluding hydrogens is 244 g/mol. The van der Waals surface area contributed by atoms with Crippen LogP contribution in [0.15, 0.2) is 29.1 Å². The number of fused-ring (bicyclic) bond motifs is 1. The maximum atomic E-state index is 11.3. The minimum Gasteiger partial charge on any atom is -0.506 e. The second-order valence-corrected chi connectivity index (χ2v) is 4.86. The van der Waals surface area contributed by atoms with Crippen LogP contribution in [0, 0.1) is 0 Å². The molecule has 0 saturated carbocycles. The molecule has 0 aliphatic heterocycles. The van der Waals surface area contributed by atoms with Gasteiger partial charge < -0.3 is 20.5 Å². The summed E-state index contributed by atoms with van der Waals surface area (Å²) in [5.41, 5.74) is 0.751. The molecular formula is C14H18N2O3. The summed E-state index contributed by atoms with van der Waals surface area (Å²) >= 11 is 0. The first kappa shape index (κ1) is 13.6. The number of phenols is 1. The lowest BCUT2D eigenvalue weighted by molar-refractivity contribution is 0.173. The van der Waals surface area contributed by atoms with E-state index in [0.29, 0.717) is 23.0 Å². The summed E-state index contributed by atoms with van der Waals surface area (Å²) in [7, 11) is 0. The number of aromatic hydroxyl groups is 1. The summed E-state index contributed by atoms with van der Waals surface area (Å²) in [6, 6.07) is 6.42. The Kier molecular flexibility index (Phi) is 3.87. The van der Waals surface area contributed by atoms with Gasteiger partial charge in [0.05, 0.1) is 11.6 Å². The predicted octanol–water partition coefficient (Wildman–Crippen LogP) is 1.27. The maximum Gasteiger partial charge on any atom is 0.248 e. The number of pyridine rings is 1. The Morgan fingerprint density at radius 2 is 2.00 bits per heavy atom. The molecule has 0 radical (unpaired) electrons. The van der Waals surface area contributed by atoms with E-state index in [1.54, 1.807) is 12.1 Å². The third-order valence-electron chi connectivity index (χ3n) is 2.99. The SMILES string of the molecule is CC(C)NC[C@@H](O)c1ccc(O)c2[nH]c(=O)ccc12. The van der Waals surface area contributed by atoms with E-state index in [4.69, 9.17) is 0 Å². The van der Waals surface area contributed by atoms with Gasteiger partial charge >= 0.3 is 0 Å². The van der Waals surface area contributed by atoms with Crippen molar-refractivity contribution >= 4 is 10.9 Å². The number of aliphatic hydroxyl groups excluding tert-OH is 1. The fourth-order valence-corrected chi connectivity index (χ4v) is 2.01. The van der Waals surface area contributed by atoms with E-state index in [1.807, 2.05) is 13.8 Å². The molecule has 0 fully saturated rings. The molecule has 5 heteroatoms. The molecule has 1 heterocycles. The highest BCUT2D eigenvalue weighted by atomic mass is 16.3. The van der Waals surface area contributed by atoms with Crippen molar-refractivity contribution < 1.29 is 10.2 Å². The van der Waals surface area contributed by atoms with Crippen LogP contribution < -0.4 is 10.9 Å². The summed E-state index contributed by atoms with van der Waals surface area (Å²) in [4.78, 5) is 13.9. The molecule has 102 valence electrons. The molecule has 19 heavy (non-hydrogen) atoms. The van der Waals surface area contributed by atoms with Crippen LogP contribution in [0.4, 0.5) is 0 Å². The van der Waals surface area contributed by atoms with Crippen LogP contribution in [0.1, 0.15) is 25.5 Å². The number of aromatic nitrogens is 1. The molecule has 0 aliphatic carbocycles. The maximum absolute atomic E-state index is 11.3. The van der Waals surface area contributed by atoms with Crippen LogP contribution in [0.2, 0.25) is 0 Å². The van der Waals surface area contributed by atoms with Crippen LogP contribution in [0.25, 0.3) is 10.9 Å². The zero-order valence-corrected chi connectivity index (χ0v) is 11.0. The lowest BCUT2D eigenvalue weighted by Crippen LogP contribution is -2.28. The zero-order valence-electron chi connectivity index (χ0n) is 11.0. The number of H-pyrrole nitrogens is 1. The Labute approximate surface area is 110 Å². The number of phenolic OH excluding ortho intramolecular Hbond substituents is 1. The smallest absolute Gasteiger partial charge is 0.248 e. The first-order valence-electron chi connectivity index (χ1n) is 6.25. The molecule has 0 saturated heterocycles. The monoisotopic (exact) mass is 262 g/mol. The standard InChI is InChI=1S/C14H18N2O3/c1-8(2)15-7-12(18)9-3-5-11(17)14-10(9)4-6-13(19)16-14/h3-6,8,12,15,17-18H,7H2,1-2H3,(H,16,19)/t12-/m1/s1. The van der Waals surface area contributed by atoms with Gasteiger partial charge in [0.2, 0.25) is 5.56 Å². The molecule has 0 aliphatic rings. The van der Waals surface area contributed by atoms with Gasteiger partial charge in [-0.05, 0) is 17.7 Å². The average Bonchev–Trinajstić information content (AvgIpc) is 2.37. The quantitative estimate of drug-likeness (QED) is 0.668. The molecule has 0 amide bonds. The Hall–Kier alpha value is -1.85. The summed E-state index contributed by atoms with van der Waals surface area (Å²) in [6.07, 6.45) is -0.698. The number of aliphatic hydroxyl groups is 1. The molecule has 0 unspecified atom stereocenters. The van der Waals surface area contributed by atoms with Gasteiger partial charge in [-0.25, -0.2) is 0 Å². The van der Waals surface area contributed by atoms with Crippen molar-refractivity contribution in [2.45, 2.75) is 26.0 Å². The number of hydrogen-bond donors (Lipinski definition) is 4. The largest absolute Gasteiger partial charge is 0.506 e. The van der Waals surface area contributed by atoms with E-state index in [9.17, 15) is 15.0 Å². The van der Waals surface area contributed by atoms with E-state index in [2.05, 4.69) is 10.3 Å². The zero-order chi connectivity index (χ0) is 14.0. The van der Waals surface area contributed by atoms with Crippen molar-refractivity contribution in [1.29, 1.82) is 0 Å². The lowest BCUT2D eigenvalue weighted by Gasteiger charge is -2.16. The highest BCUT2D eigenvalue weighted by molar-refractivity contribution is 5.87. The highest BCUT2D eigenvalue weighted by Crippen LogP contribution is 2.28. The lowest BCUT2D eigenvalue weighted by atomic mass is 10.0. The van der Waals surface area contributed by atoms with Crippen molar-refractivity contribution in [3.63, 3.8) is 0 Å². The first-order chi connectivity index (χ1) is 8.99. The van der Waals surface area contributed by atoms with Crippen molar-refractivity contribution in [2.24, 2.45) is 0 Å². The third-order valence-corrected chi connectivity index (χ3v) is 2.99. The average molecular weight is 262 g/mol. The van der Waals surface area contributed by atoms with E-state index >= 15 is 0 Å². The van der Waals surface area contributed by atoms with Crippen LogP contribution in [-0.4, -0.2) is 27.8 Å². The minimum atomic E-state index is -0.698. The third kappa shape index (κ3) is 2.94. The van der Waals surface area contributed by atoms with E-state index in [1.165, 1.54) is 12.1 Å². The van der Waals surface area contributed by atoms with Crippen molar-refractivity contribution in [3.05, 3.63) is 40.2 Å². The number of benzene rings is 1. The second-order valence-electron chi connectivity index (χ2n) is 4.86. The fraction of sp³-hybridized carbons (Fsp3) is 0.357. The Morgan fingerprint density at radius 1 is 1.26 bits per heavy atom. The van der Waals surface area contributed by atoms with Crippen LogP contribution in [0.5, 0.6) is 5.75 Å². The van der Waals surface area contributed by atoms with Gasteiger partial charge in [-0.1, -0.05) is 19.9 Å². The fourth-order valence-electron chi connectivity index (χ4n) is 2.01. The van der Waals surface area contributed by atoms with Crippen LogP contribution in [-0.2, 0) is 0 Å². The molecule has 2 aromatic rings. The first-order valence-corrected chi connectivity index (χ1v) is 6.25. The summed E-state index contributed by atoms with van der Waals surface area (Å²) in [5, 5.41) is 23.7. The molecule has 1 aromatic heterocycles. The van der Waals surface area contributed by atoms with Crippen molar-refractivity contribution in [2.75, 3.05) is 6.54 Å². The molecule has 0 spiro atoms. The second kappa shape index (κ2) is 5.42. The van der Waals surface area contributed by atoms with Gasteiger partial charge in [0, 0.05) is 24.0 Å². The van der Waals surface area contributed by atoms with E-state index in [0.717, 1.165) is 0 Å². The molecule has 0 bridgehead atoms. The van der Waals surface area contributed by atoms with Gasteiger partial charge in [-0.2, -0.15) is 0 Å². The van der Waals surface area contributed by atoms with Gasteiger partial charge in [0.15, 0.2) is 0 Å². The number of rotatable bonds is 4. The number of nitrogens with one attached hydrogen (secondary N) is 2. The molecule has 2 rings (SSSR count). The predicted molar refractivity (Wildman–Crippen MR) is 74.3 cm³/mol. The number of aromatic amines is 1. The van der Waals surface area contributed by atoms with Gasteiger partial charge in [-0.3, -0.25) is 4.79 Å². The Morgan fingerprint density at radius 3 is 2.68 bits per heavy atom. The molecule has 4 N–H and O–H groups in total. The normalized spacial score (nSPS) is 13.1. The van der Waals surface area contributed by atoms with E-state index < -0.39 is 6.10 Å². The van der Waals surface area contributed by atoms with Gasteiger partial charge in [-0.15, -0.1) is 0 Å². The summed E-state index contributed by atoms with van der Waals surface area (Å²) in [5.74, 6) is 0.000434. The molecule has 1 atom stereocenters. The number of hydrogen-bond acceptors (Lipinski definition) is 4. The molecule has 1 aromatic carbocycles. The summed E-state index contributed by atoms with van der Waals surface area (Å²) < 4.78 is 0. The van der Waals surface area contributed by atoms with Crippen LogP contribution in [0.3, 0.4) is 0 Å². The topological polar surface area (TPSA) is 85.3 Å². The minimum absolute atomic E-state index is 0.000434. The van der Waals surface area contributed by atoms with Crippen molar-refractivity contribution in [3.8, 4) is 5.75 Å². The van der Waals surface area contributed by atoms with Crippen molar-refractivity contribution in [1.82, 2.24) is 10.3 Å².